The average Bonchev–Trinajstić information content (AvgIpc) is 2.61. The predicted molar refractivity (Wildman–Crippen MR) is 103 cm³/mol. The number of guanidine groups is 1. The highest BCUT2D eigenvalue weighted by atomic mass is 16.5. The van der Waals surface area contributed by atoms with Crippen LogP contribution in [0.4, 0.5) is 0 Å². The van der Waals surface area contributed by atoms with E-state index in [0.717, 1.165) is 58.2 Å². The van der Waals surface area contributed by atoms with E-state index in [9.17, 15) is 4.79 Å². The summed E-state index contributed by atoms with van der Waals surface area (Å²) in [6.07, 6.45) is 2.46. The first-order valence-electron chi connectivity index (χ1n) is 9.54. The SMILES string of the molecule is CCNC(=NCC1(N(C)C)CCOCC1)NCCC(=O)N(CC)CC. The fraction of sp³-hybridized carbons (Fsp3) is 0.889. The summed E-state index contributed by atoms with van der Waals surface area (Å²) in [5, 5.41) is 6.57. The molecule has 0 atom stereocenters. The summed E-state index contributed by atoms with van der Waals surface area (Å²) in [7, 11) is 4.23. The molecule has 7 nitrogen and oxygen atoms in total. The van der Waals surface area contributed by atoms with Gasteiger partial charge in [0.15, 0.2) is 5.96 Å². The first-order chi connectivity index (χ1) is 12.0. The first-order valence-corrected chi connectivity index (χ1v) is 9.54. The van der Waals surface area contributed by atoms with E-state index < -0.39 is 0 Å². The maximum absolute atomic E-state index is 12.1. The third-order valence-corrected chi connectivity index (χ3v) is 5.00. The molecule has 0 saturated carbocycles. The predicted octanol–water partition coefficient (Wildman–Crippen LogP) is 0.911. The van der Waals surface area contributed by atoms with Crippen LogP contribution in [0, 0.1) is 0 Å². The molecule has 146 valence electrons. The van der Waals surface area contributed by atoms with Crippen molar-refractivity contribution in [1.82, 2.24) is 20.4 Å². The second kappa shape index (κ2) is 11.3. The number of aliphatic imine (C=N–C) groups is 1. The molecule has 1 fully saturated rings. The fourth-order valence-corrected chi connectivity index (χ4v) is 3.09. The molecule has 25 heavy (non-hydrogen) atoms. The summed E-state index contributed by atoms with van der Waals surface area (Å²) in [6.45, 7) is 11.3. The number of carbonyl (C=O) groups is 1. The third kappa shape index (κ3) is 6.82. The van der Waals surface area contributed by atoms with Crippen molar-refractivity contribution in [3.05, 3.63) is 0 Å². The van der Waals surface area contributed by atoms with Gasteiger partial charge in [-0.2, -0.15) is 0 Å². The Morgan fingerprint density at radius 1 is 1.12 bits per heavy atom. The first kappa shape index (κ1) is 21.7. The lowest BCUT2D eigenvalue weighted by Crippen LogP contribution is -2.51. The van der Waals surface area contributed by atoms with Gasteiger partial charge in [-0.05, 0) is 47.7 Å². The molecule has 0 aromatic rings. The van der Waals surface area contributed by atoms with E-state index in [-0.39, 0.29) is 11.4 Å². The topological polar surface area (TPSA) is 69.2 Å². The summed E-state index contributed by atoms with van der Waals surface area (Å²) in [4.78, 5) is 21.0. The number of ether oxygens (including phenoxy) is 1. The normalized spacial score (nSPS) is 17.4. The number of likely N-dealkylation sites (N-methyl/N-ethyl adjacent to an activating group) is 1. The molecule has 0 unspecified atom stereocenters. The standard InChI is InChI=1S/C18H37N5O2/c1-6-19-17(20-12-9-16(24)23(7-2)8-3)21-15-18(22(4)5)10-13-25-14-11-18/h6-15H2,1-5H3,(H2,19,20,21). The molecular formula is C18H37N5O2. The Kier molecular flexibility index (Phi) is 9.82. The summed E-state index contributed by atoms with van der Waals surface area (Å²) < 4.78 is 5.52. The van der Waals surface area contributed by atoms with Gasteiger partial charge in [-0.25, -0.2) is 0 Å². The van der Waals surface area contributed by atoms with Crippen molar-refractivity contribution in [3.8, 4) is 0 Å². The number of hydrogen-bond acceptors (Lipinski definition) is 4. The van der Waals surface area contributed by atoms with Crippen LogP contribution in [0.15, 0.2) is 4.99 Å². The summed E-state index contributed by atoms with van der Waals surface area (Å²) in [5.41, 5.74) is 0.0532. The highest BCUT2D eigenvalue weighted by molar-refractivity contribution is 5.81. The Hall–Kier alpha value is -1.34. The number of rotatable bonds is 9. The fourth-order valence-electron chi connectivity index (χ4n) is 3.09. The molecule has 1 heterocycles. The minimum Gasteiger partial charge on any atom is -0.381 e. The molecule has 1 aliphatic heterocycles. The van der Waals surface area contributed by atoms with Crippen LogP contribution in [0.3, 0.4) is 0 Å². The maximum atomic E-state index is 12.1. The highest BCUT2D eigenvalue weighted by Crippen LogP contribution is 2.26. The van der Waals surface area contributed by atoms with Gasteiger partial charge in [0.25, 0.3) is 0 Å². The van der Waals surface area contributed by atoms with Crippen molar-refractivity contribution in [2.24, 2.45) is 4.99 Å². The van der Waals surface area contributed by atoms with E-state index in [1.54, 1.807) is 0 Å². The molecule has 0 aromatic carbocycles. The zero-order valence-corrected chi connectivity index (χ0v) is 16.7. The molecule has 1 aliphatic rings. The van der Waals surface area contributed by atoms with Crippen LogP contribution in [0.1, 0.15) is 40.0 Å². The van der Waals surface area contributed by atoms with E-state index in [1.165, 1.54) is 0 Å². The van der Waals surface area contributed by atoms with Crippen LogP contribution in [-0.2, 0) is 9.53 Å². The van der Waals surface area contributed by atoms with Gasteiger partial charge in [0.05, 0.1) is 6.54 Å². The van der Waals surface area contributed by atoms with Crippen molar-refractivity contribution in [3.63, 3.8) is 0 Å². The van der Waals surface area contributed by atoms with Crippen molar-refractivity contribution < 1.29 is 9.53 Å². The number of amides is 1. The number of hydrogen-bond donors (Lipinski definition) is 2. The molecule has 0 aromatic heterocycles. The van der Waals surface area contributed by atoms with Crippen molar-refractivity contribution in [1.29, 1.82) is 0 Å². The largest absolute Gasteiger partial charge is 0.381 e. The van der Waals surface area contributed by atoms with E-state index >= 15 is 0 Å². The smallest absolute Gasteiger partial charge is 0.224 e. The maximum Gasteiger partial charge on any atom is 0.224 e. The molecule has 0 spiro atoms. The zero-order valence-electron chi connectivity index (χ0n) is 16.7. The Morgan fingerprint density at radius 2 is 1.76 bits per heavy atom. The quantitative estimate of drug-likeness (QED) is 0.475. The van der Waals surface area contributed by atoms with E-state index in [1.807, 2.05) is 18.7 Å². The third-order valence-electron chi connectivity index (χ3n) is 5.00. The van der Waals surface area contributed by atoms with Crippen LogP contribution < -0.4 is 10.6 Å². The van der Waals surface area contributed by atoms with E-state index in [2.05, 4.69) is 36.6 Å². The molecule has 0 radical (unpaired) electrons. The van der Waals surface area contributed by atoms with Gasteiger partial charge in [0, 0.05) is 51.4 Å². The highest BCUT2D eigenvalue weighted by Gasteiger charge is 2.34. The molecule has 1 rings (SSSR count). The molecular weight excluding hydrogens is 318 g/mol. The van der Waals surface area contributed by atoms with Crippen LogP contribution in [0.5, 0.6) is 0 Å². The van der Waals surface area contributed by atoms with Crippen LogP contribution in [-0.4, -0.2) is 87.2 Å². The molecule has 1 amide bonds. The van der Waals surface area contributed by atoms with Gasteiger partial charge in [0.2, 0.25) is 5.91 Å². The van der Waals surface area contributed by atoms with Crippen LogP contribution in [0.2, 0.25) is 0 Å². The number of nitrogens with one attached hydrogen (secondary N) is 2. The van der Waals surface area contributed by atoms with E-state index in [4.69, 9.17) is 9.73 Å². The van der Waals surface area contributed by atoms with Gasteiger partial charge in [-0.15, -0.1) is 0 Å². The van der Waals surface area contributed by atoms with Crippen molar-refractivity contribution in [2.45, 2.75) is 45.6 Å². The van der Waals surface area contributed by atoms with Crippen molar-refractivity contribution in [2.75, 3.05) is 60.0 Å². The Morgan fingerprint density at radius 3 is 2.28 bits per heavy atom. The summed E-state index contributed by atoms with van der Waals surface area (Å²) >= 11 is 0. The van der Waals surface area contributed by atoms with E-state index in [0.29, 0.717) is 13.0 Å². The summed E-state index contributed by atoms with van der Waals surface area (Å²) in [6, 6.07) is 0. The van der Waals surface area contributed by atoms with Crippen molar-refractivity contribution >= 4 is 11.9 Å². The van der Waals surface area contributed by atoms with Crippen LogP contribution >= 0.6 is 0 Å². The van der Waals surface area contributed by atoms with Gasteiger partial charge < -0.3 is 25.2 Å². The monoisotopic (exact) mass is 355 g/mol. The Balaban J connectivity index is 2.59. The minimum absolute atomic E-state index is 0.0532. The second-order valence-electron chi connectivity index (χ2n) is 6.67. The lowest BCUT2D eigenvalue weighted by Gasteiger charge is -2.41. The van der Waals surface area contributed by atoms with Gasteiger partial charge >= 0.3 is 0 Å². The van der Waals surface area contributed by atoms with Crippen LogP contribution in [0.25, 0.3) is 0 Å². The minimum atomic E-state index is 0.0532. The average molecular weight is 356 g/mol. The molecule has 2 N–H and O–H groups in total. The zero-order chi connectivity index (χ0) is 18.7. The molecule has 7 heteroatoms. The van der Waals surface area contributed by atoms with Gasteiger partial charge in [-0.1, -0.05) is 0 Å². The molecule has 0 bridgehead atoms. The summed E-state index contributed by atoms with van der Waals surface area (Å²) in [5.74, 6) is 0.963. The van der Waals surface area contributed by atoms with Gasteiger partial charge in [0.1, 0.15) is 0 Å². The number of nitrogens with zero attached hydrogens (tertiary/aromatic N) is 3. The molecule has 0 aliphatic carbocycles. The number of carbonyl (C=O) groups excluding carboxylic acids is 1. The second-order valence-corrected chi connectivity index (χ2v) is 6.67. The van der Waals surface area contributed by atoms with Gasteiger partial charge in [-0.3, -0.25) is 9.79 Å². The lowest BCUT2D eigenvalue weighted by molar-refractivity contribution is -0.130. The molecule has 1 saturated heterocycles. The Bertz CT molecular complexity index is 416. The lowest BCUT2D eigenvalue weighted by atomic mass is 9.89. The Labute approximate surface area is 153 Å².